The number of aryl methyl sites for hydroxylation is 1. The van der Waals surface area contributed by atoms with Gasteiger partial charge in [0.25, 0.3) is 0 Å². The fraction of sp³-hybridized carbons (Fsp3) is 0.417. The lowest BCUT2D eigenvalue weighted by Crippen LogP contribution is -2.42. The van der Waals surface area contributed by atoms with Crippen LogP contribution in [-0.4, -0.2) is 35.1 Å². The monoisotopic (exact) mass is 415 g/mol. The van der Waals surface area contributed by atoms with Gasteiger partial charge in [0, 0.05) is 43.8 Å². The minimum Gasteiger partial charge on any atom is -0.348 e. The van der Waals surface area contributed by atoms with Gasteiger partial charge in [-0.25, -0.2) is 0 Å². The molecule has 1 fully saturated rings. The molecule has 3 aromatic rings. The van der Waals surface area contributed by atoms with Crippen LogP contribution in [0.25, 0.3) is 10.9 Å². The molecule has 0 amide bonds. The Morgan fingerprint density at radius 1 is 1.00 bits per heavy atom. The molecule has 1 aliphatic heterocycles. The minimum atomic E-state index is -4.28. The second-order valence-electron chi connectivity index (χ2n) is 8.21. The summed E-state index contributed by atoms with van der Waals surface area (Å²) in [6, 6.07) is 16.8. The van der Waals surface area contributed by atoms with Gasteiger partial charge in [-0.2, -0.15) is 13.2 Å². The van der Waals surface area contributed by atoms with Crippen molar-refractivity contribution in [3.63, 3.8) is 0 Å². The Balaban J connectivity index is 1.23. The van der Waals surface area contributed by atoms with Crippen molar-refractivity contribution in [2.75, 3.05) is 19.6 Å². The van der Waals surface area contributed by atoms with Crippen molar-refractivity contribution in [2.45, 2.75) is 38.0 Å². The summed E-state index contributed by atoms with van der Waals surface area (Å²) in [6.45, 7) is 3.32. The molecule has 0 spiro atoms. The highest BCUT2D eigenvalue weighted by Gasteiger charge is 2.30. The lowest BCUT2D eigenvalue weighted by atomic mass is 10.0. The number of alkyl halides is 3. The van der Waals surface area contributed by atoms with Gasteiger partial charge in [-0.1, -0.05) is 36.4 Å². The summed E-state index contributed by atoms with van der Waals surface area (Å²) in [5.41, 5.74) is 2.75. The maximum Gasteiger partial charge on any atom is 0.416 e. The second-order valence-corrected chi connectivity index (χ2v) is 8.21. The molecule has 3 nitrogen and oxygen atoms in total. The lowest BCUT2D eigenvalue weighted by Gasteiger charge is -2.32. The number of piperidine rings is 1. The number of rotatable bonds is 6. The Kier molecular flexibility index (Phi) is 6.16. The minimum absolute atomic E-state index is 0.470. The third-order valence-corrected chi connectivity index (χ3v) is 6.11. The van der Waals surface area contributed by atoms with Crippen molar-refractivity contribution in [1.29, 1.82) is 0 Å². The molecular formula is C24H28F3N3. The van der Waals surface area contributed by atoms with Crippen LogP contribution in [0.5, 0.6) is 0 Å². The summed E-state index contributed by atoms with van der Waals surface area (Å²) >= 11 is 0. The number of benzene rings is 2. The maximum absolute atomic E-state index is 12.9. The number of likely N-dealkylation sites (tertiary alicyclic amines) is 1. The molecule has 1 N–H and O–H groups in total. The van der Waals surface area contributed by atoms with Crippen molar-refractivity contribution in [3.8, 4) is 0 Å². The van der Waals surface area contributed by atoms with Crippen molar-refractivity contribution in [3.05, 3.63) is 71.4 Å². The van der Waals surface area contributed by atoms with Gasteiger partial charge in [0.05, 0.1) is 5.56 Å². The van der Waals surface area contributed by atoms with E-state index in [0.29, 0.717) is 12.6 Å². The van der Waals surface area contributed by atoms with Gasteiger partial charge < -0.3 is 9.88 Å². The molecule has 0 unspecified atom stereocenters. The molecule has 0 radical (unpaired) electrons. The Morgan fingerprint density at radius 3 is 2.50 bits per heavy atom. The predicted molar refractivity (Wildman–Crippen MR) is 114 cm³/mol. The Bertz CT molecular complexity index is 985. The first-order valence-corrected chi connectivity index (χ1v) is 10.6. The molecule has 0 saturated carbocycles. The summed E-state index contributed by atoms with van der Waals surface area (Å²) in [5.74, 6) is 0. The van der Waals surface area contributed by atoms with Gasteiger partial charge in [-0.15, -0.1) is 0 Å². The second kappa shape index (κ2) is 8.82. The number of nitrogens with zero attached hydrogens (tertiary/aromatic N) is 2. The van der Waals surface area contributed by atoms with E-state index in [1.807, 2.05) is 0 Å². The van der Waals surface area contributed by atoms with E-state index in [1.54, 1.807) is 6.07 Å². The van der Waals surface area contributed by atoms with E-state index in [2.05, 4.69) is 52.2 Å². The summed E-state index contributed by atoms with van der Waals surface area (Å²) < 4.78 is 41.0. The van der Waals surface area contributed by atoms with E-state index in [0.717, 1.165) is 50.5 Å². The Labute approximate surface area is 175 Å². The lowest BCUT2D eigenvalue weighted by molar-refractivity contribution is -0.137. The van der Waals surface area contributed by atoms with Gasteiger partial charge in [0.15, 0.2) is 0 Å². The molecule has 160 valence electrons. The number of hydrogen-bond acceptors (Lipinski definition) is 2. The molecule has 30 heavy (non-hydrogen) atoms. The van der Waals surface area contributed by atoms with Gasteiger partial charge in [0.1, 0.15) is 0 Å². The normalized spacial score (nSPS) is 16.4. The fourth-order valence-electron chi connectivity index (χ4n) is 4.39. The smallest absolute Gasteiger partial charge is 0.348 e. The fourth-order valence-corrected chi connectivity index (χ4v) is 4.39. The highest BCUT2D eigenvalue weighted by Crippen LogP contribution is 2.30. The predicted octanol–water partition coefficient (Wildman–Crippen LogP) is 4.99. The zero-order valence-corrected chi connectivity index (χ0v) is 17.3. The molecule has 1 saturated heterocycles. The van der Waals surface area contributed by atoms with Gasteiger partial charge in [-0.3, -0.25) is 4.90 Å². The van der Waals surface area contributed by atoms with Crippen LogP contribution in [0.15, 0.2) is 54.6 Å². The quantitative estimate of drug-likeness (QED) is 0.612. The number of fused-ring (bicyclic) bond motifs is 1. The summed E-state index contributed by atoms with van der Waals surface area (Å²) in [7, 11) is 2.12. The standard InChI is InChI=1S/C24H28F3N3/c1-29-22(16-19-6-2-3-8-23(19)29)9-12-28-21-10-13-30(14-11-21)17-18-5-4-7-20(15-18)24(25,26)27/h2-8,15-16,21,28H,9-14,17H2,1H3. The summed E-state index contributed by atoms with van der Waals surface area (Å²) in [5, 5.41) is 4.94. The van der Waals surface area contributed by atoms with Crippen LogP contribution in [0, 0.1) is 0 Å². The van der Waals surface area contributed by atoms with E-state index < -0.39 is 11.7 Å². The SMILES string of the molecule is Cn1c(CCNC2CCN(Cc3cccc(C(F)(F)F)c3)CC2)cc2ccccc21. The molecule has 1 aromatic heterocycles. The molecule has 2 aromatic carbocycles. The van der Waals surface area contributed by atoms with Crippen molar-refractivity contribution < 1.29 is 13.2 Å². The molecule has 0 bridgehead atoms. The molecule has 0 aliphatic carbocycles. The van der Waals surface area contributed by atoms with Gasteiger partial charge >= 0.3 is 6.18 Å². The Morgan fingerprint density at radius 2 is 1.77 bits per heavy atom. The Hall–Kier alpha value is -2.31. The average Bonchev–Trinajstić information content (AvgIpc) is 3.05. The van der Waals surface area contributed by atoms with Crippen LogP contribution in [0.1, 0.15) is 29.7 Å². The van der Waals surface area contributed by atoms with E-state index in [1.165, 1.54) is 28.7 Å². The molecular weight excluding hydrogens is 387 g/mol. The first kappa shape index (κ1) is 20.9. The van der Waals surface area contributed by atoms with Gasteiger partial charge in [-0.05, 0) is 55.1 Å². The van der Waals surface area contributed by atoms with E-state index in [4.69, 9.17) is 0 Å². The van der Waals surface area contributed by atoms with E-state index in [9.17, 15) is 13.2 Å². The average molecular weight is 416 g/mol. The highest BCUT2D eigenvalue weighted by molar-refractivity contribution is 5.81. The maximum atomic E-state index is 12.9. The number of nitrogens with one attached hydrogen (secondary N) is 1. The van der Waals surface area contributed by atoms with Crippen molar-refractivity contribution in [2.24, 2.45) is 7.05 Å². The molecule has 6 heteroatoms. The number of para-hydroxylation sites is 1. The zero-order chi connectivity index (χ0) is 21.1. The number of aromatic nitrogens is 1. The molecule has 1 aliphatic rings. The number of halogens is 3. The largest absolute Gasteiger partial charge is 0.416 e. The topological polar surface area (TPSA) is 20.2 Å². The first-order chi connectivity index (χ1) is 14.4. The van der Waals surface area contributed by atoms with Crippen LogP contribution < -0.4 is 5.32 Å². The van der Waals surface area contributed by atoms with Crippen LogP contribution >= 0.6 is 0 Å². The number of hydrogen-bond donors (Lipinski definition) is 1. The van der Waals surface area contributed by atoms with E-state index >= 15 is 0 Å². The van der Waals surface area contributed by atoms with E-state index in [-0.39, 0.29) is 0 Å². The zero-order valence-electron chi connectivity index (χ0n) is 17.3. The summed E-state index contributed by atoms with van der Waals surface area (Å²) in [6.07, 6.45) is -1.26. The highest BCUT2D eigenvalue weighted by atomic mass is 19.4. The van der Waals surface area contributed by atoms with Crippen LogP contribution in [-0.2, 0) is 26.2 Å². The van der Waals surface area contributed by atoms with Crippen LogP contribution in [0.4, 0.5) is 13.2 Å². The third-order valence-electron chi connectivity index (χ3n) is 6.11. The molecule has 2 heterocycles. The summed E-state index contributed by atoms with van der Waals surface area (Å²) in [4.78, 5) is 2.25. The molecule has 0 atom stereocenters. The van der Waals surface area contributed by atoms with Gasteiger partial charge in [0.2, 0.25) is 0 Å². The van der Waals surface area contributed by atoms with Crippen molar-refractivity contribution >= 4 is 10.9 Å². The first-order valence-electron chi connectivity index (χ1n) is 10.6. The third kappa shape index (κ3) is 4.87. The molecule has 4 rings (SSSR count). The van der Waals surface area contributed by atoms with Crippen molar-refractivity contribution in [1.82, 2.24) is 14.8 Å². The van der Waals surface area contributed by atoms with Crippen LogP contribution in [0.2, 0.25) is 0 Å². The van der Waals surface area contributed by atoms with Crippen LogP contribution in [0.3, 0.4) is 0 Å².